The number of carbonyl (C=O) groups is 2. The highest BCUT2D eigenvalue weighted by Crippen LogP contribution is 2.32. The summed E-state index contributed by atoms with van der Waals surface area (Å²) in [5.74, 6) is 0.457. The molecular weight excluding hydrogens is 437 g/mol. The molecule has 1 N–H and O–H groups in total. The molecule has 1 atom stereocenters. The monoisotopic (exact) mass is 453 g/mol. The molecule has 0 aliphatic carbocycles. The van der Waals surface area contributed by atoms with Crippen molar-refractivity contribution in [1.29, 1.82) is 0 Å². The van der Waals surface area contributed by atoms with E-state index in [0.717, 1.165) is 9.13 Å². The first-order valence-electron chi connectivity index (χ1n) is 7.66. The SMILES string of the molecule is CC(OC(=O)c1ccc(I)cc1)C(=O)NCc1ccc2c(c1)OCO2. The summed E-state index contributed by atoms with van der Waals surface area (Å²) in [6.45, 7) is 2.05. The molecule has 25 heavy (non-hydrogen) atoms. The Hall–Kier alpha value is -2.29. The van der Waals surface area contributed by atoms with Crippen LogP contribution in [-0.4, -0.2) is 24.8 Å². The number of amides is 1. The Kier molecular flexibility index (Phi) is 5.42. The lowest BCUT2D eigenvalue weighted by molar-refractivity contribution is -0.129. The van der Waals surface area contributed by atoms with E-state index in [9.17, 15) is 9.59 Å². The van der Waals surface area contributed by atoms with E-state index in [-0.39, 0.29) is 12.7 Å². The third-order valence-corrected chi connectivity index (χ3v) is 4.36. The molecule has 0 spiro atoms. The van der Waals surface area contributed by atoms with Gasteiger partial charge in [0.05, 0.1) is 5.56 Å². The average molecular weight is 453 g/mol. The summed E-state index contributed by atoms with van der Waals surface area (Å²) in [5, 5.41) is 2.74. The van der Waals surface area contributed by atoms with Crippen LogP contribution in [0.1, 0.15) is 22.8 Å². The molecule has 2 aromatic carbocycles. The zero-order valence-electron chi connectivity index (χ0n) is 13.5. The number of nitrogens with one attached hydrogen (secondary N) is 1. The van der Waals surface area contributed by atoms with Crippen molar-refractivity contribution in [3.05, 3.63) is 57.2 Å². The third-order valence-electron chi connectivity index (χ3n) is 3.64. The van der Waals surface area contributed by atoms with Gasteiger partial charge in [-0.15, -0.1) is 0 Å². The zero-order valence-corrected chi connectivity index (χ0v) is 15.6. The van der Waals surface area contributed by atoms with E-state index in [1.165, 1.54) is 0 Å². The normalized spacial score (nSPS) is 13.2. The van der Waals surface area contributed by atoms with Crippen LogP contribution in [0.2, 0.25) is 0 Å². The first-order valence-corrected chi connectivity index (χ1v) is 8.73. The van der Waals surface area contributed by atoms with Gasteiger partial charge in [0.2, 0.25) is 6.79 Å². The van der Waals surface area contributed by atoms with Gasteiger partial charge in [0.1, 0.15) is 0 Å². The minimum atomic E-state index is -0.888. The number of carbonyl (C=O) groups excluding carboxylic acids is 2. The summed E-state index contributed by atoms with van der Waals surface area (Å²) >= 11 is 2.15. The van der Waals surface area contributed by atoms with Crippen molar-refractivity contribution in [2.75, 3.05) is 6.79 Å². The lowest BCUT2D eigenvalue weighted by Crippen LogP contribution is -2.35. The number of halogens is 1. The molecule has 1 amide bonds. The van der Waals surface area contributed by atoms with Crippen molar-refractivity contribution >= 4 is 34.5 Å². The third kappa shape index (κ3) is 4.41. The molecule has 1 unspecified atom stereocenters. The van der Waals surface area contributed by atoms with Crippen LogP contribution < -0.4 is 14.8 Å². The molecule has 0 bridgehead atoms. The molecule has 0 aromatic heterocycles. The van der Waals surface area contributed by atoms with Crippen LogP contribution in [0, 0.1) is 3.57 Å². The molecule has 0 radical (unpaired) electrons. The Labute approximate surface area is 158 Å². The molecule has 1 heterocycles. The number of hydrogen-bond donors (Lipinski definition) is 1. The maximum Gasteiger partial charge on any atom is 0.338 e. The van der Waals surface area contributed by atoms with Crippen LogP contribution in [0.5, 0.6) is 11.5 Å². The second-order valence-corrected chi connectivity index (χ2v) is 6.71. The van der Waals surface area contributed by atoms with Crippen molar-refractivity contribution in [2.45, 2.75) is 19.6 Å². The van der Waals surface area contributed by atoms with Gasteiger partial charge in [-0.25, -0.2) is 4.79 Å². The van der Waals surface area contributed by atoms with Crippen molar-refractivity contribution in [3.8, 4) is 11.5 Å². The van der Waals surface area contributed by atoms with Gasteiger partial charge < -0.3 is 19.5 Å². The molecule has 0 fully saturated rings. The Morgan fingerprint density at radius 3 is 2.64 bits per heavy atom. The maximum atomic E-state index is 12.1. The largest absolute Gasteiger partial charge is 0.454 e. The Balaban J connectivity index is 1.52. The van der Waals surface area contributed by atoms with Crippen molar-refractivity contribution < 1.29 is 23.8 Å². The topological polar surface area (TPSA) is 73.9 Å². The summed E-state index contributed by atoms with van der Waals surface area (Å²) in [6, 6.07) is 12.4. The predicted octanol–water partition coefficient (Wildman–Crippen LogP) is 2.88. The molecule has 0 saturated heterocycles. The lowest BCUT2D eigenvalue weighted by atomic mass is 10.2. The van der Waals surface area contributed by atoms with Crippen molar-refractivity contribution in [2.24, 2.45) is 0 Å². The standard InChI is InChI=1S/C18H16INO5/c1-11(25-18(22)13-3-5-14(19)6-4-13)17(21)20-9-12-2-7-15-16(8-12)24-10-23-15/h2-8,11H,9-10H2,1H3,(H,20,21). The second kappa shape index (κ2) is 7.73. The van der Waals surface area contributed by atoms with Gasteiger partial charge in [-0.05, 0) is 71.5 Å². The minimum Gasteiger partial charge on any atom is -0.454 e. The minimum absolute atomic E-state index is 0.205. The fourth-order valence-electron chi connectivity index (χ4n) is 2.25. The lowest BCUT2D eigenvalue weighted by Gasteiger charge is -2.14. The summed E-state index contributed by atoms with van der Waals surface area (Å²) in [6.07, 6.45) is -0.888. The molecule has 1 aliphatic rings. The van der Waals surface area contributed by atoms with E-state index in [4.69, 9.17) is 14.2 Å². The van der Waals surface area contributed by atoms with Gasteiger partial charge in [-0.3, -0.25) is 4.79 Å². The first kappa shape index (κ1) is 17.5. The Morgan fingerprint density at radius 2 is 1.88 bits per heavy atom. The predicted molar refractivity (Wildman–Crippen MR) is 98.4 cm³/mol. The molecule has 1 aliphatic heterocycles. The average Bonchev–Trinajstić information content (AvgIpc) is 3.07. The summed E-state index contributed by atoms with van der Waals surface area (Å²) in [4.78, 5) is 24.2. The summed E-state index contributed by atoms with van der Waals surface area (Å²) in [7, 11) is 0. The van der Waals surface area contributed by atoms with Crippen LogP contribution in [-0.2, 0) is 16.1 Å². The van der Waals surface area contributed by atoms with Crippen molar-refractivity contribution in [1.82, 2.24) is 5.32 Å². The van der Waals surface area contributed by atoms with Gasteiger partial charge in [-0.1, -0.05) is 6.07 Å². The van der Waals surface area contributed by atoms with Gasteiger partial charge in [-0.2, -0.15) is 0 Å². The Bertz CT molecular complexity index is 791. The number of benzene rings is 2. The smallest absolute Gasteiger partial charge is 0.338 e. The fraction of sp³-hybridized carbons (Fsp3) is 0.222. The highest BCUT2D eigenvalue weighted by Gasteiger charge is 2.19. The molecule has 7 heteroatoms. The molecule has 2 aromatic rings. The molecular formula is C18H16INO5. The van der Waals surface area contributed by atoms with E-state index in [1.807, 2.05) is 24.3 Å². The van der Waals surface area contributed by atoms with Gasteiger partial charge in [0.25, 0.3) is 5.91 Å². The van der Waals surface area contributed by atoms with Crippen LogP contribution in [0.3, 0.4) is 0 Å². The second-order valence-electron chi connectivity index (χ2n) is 5.46. The van der Waals surface area contributed by atoms with Crippen molar-refractivity contribution in [3.63, 3.8) is 0 Å². The number of ether oxygens (including phenoxy) is 3. The number of esters is 1. The van der Waals surface area contributed by atoms with E-state index in [0.29, 0.717) is 23.6 Å². The van der Waals surface area contributed by atoms with Gasteiger partial charge >= 0.3 is 5.97 Å². The highest BCUT2D eigenvalue weighted by atomic mass is 127. The first-order chi connectivity index (χ1) is 12.0. The van der Waals surface area contributed by atoms with E-state index in [1.54, 1.807) is 25.1 Å². The van der Waals surface area contributed by atoms with Crippen LogP contribution in [0.15, 0.2) is 42.5 Å². The number of fused-ring (bicyclic) bond motifs is 1. The van der Waals surface area contributed by atoms with Crippen LogP contribution in [0.4, 0.5) is 0 Å². The zero-order chi connectivity index (χ0) is 17.8. The summed E-state index contributed by atoms with van der Waals surface area (Å²) in [5.41, 5.74) is 1.28. The van der Waals surface area contributed by atoms with E-state index in [2.05, 4.69) is 27.9 Å². The highest BCUT2D eigenvalue weighted by molar-refractivity contribution is 14.1. The van der Waals surface area contributed by atoms with E-state index >= 15 is 0 Å². The Morgan fingerprint density at radius 1 is 1.16 bits per heavy atom. The van der Waals surface area contributed by atoms with Crippen LogP contribution >= 0.6 is 22.6 Å². The quantitative estimate of drug-likeness (QED) is 0.557. The molecule has 3 rings (SSSR count). The molecule has 6 nitrogen and oxygen atoms in total. The van der Waals surface area contributed by atoms with Gasteiger partial charge in [0.15, 0.2) is 17.6 Å². The maximum absolute atomic E-state index is 12.1. The molecule has 0 saturated carbocycles. The number of hydrogen-bond acceptors (Lipinski definition) is 5. The van der Waals surface area contributed by atoms with Gasteiger partial charge in [0, 0.05) is 10.1 Å². The fourth-order valence-corrected chi connectivity index (χ4v) is 2.61. The van der Waals surface area contributed by atoms with E-state index < -0.39 is 12.1 Å². The van der Waals surface area contributed by atoms with Crippen LogP contribution in [0.25, 0.3) is 0 Å². The molecule has 130 valence electrons. The summed E-state index contributed by atoms with van der Waals surface area (Å²) < 4.78 is 16.8. The number of rotatable bonds is 5.